The fraction of sp³-hybridized carbons (Fsp3) is 0.526. The van der Waals surface area contributed by atoms with E-state index in [0.717, 1.165) is 43.5 Å². The van der Waals surface area contributed by atoms with Crippen LogP contribution in [-0.2, 0) is 17.8 Å². The van der Waals surface area contributed by atoms with Crippen LogP contribution >= 0.6 is 11.8 Å². The molecule has 1 fully saturated rings. The second-order valence-electron chi connectivity index (χ2n) is 6.68. The topological polar surface area (TPSA) is 51.0 Å². The highest BCUT2D eigenvalue weighted by Gasteiger charge is 2.22. The van der Waals surface area contributed by atoms with Gasteiger partial charge in [-0.3, -0.25) is 4.79 Å². The van der Waals surface area contributed by atoms with E-state index in [1.165, 1.54) is 23.7 Å². The number of amides is 1. The Balaban J connectivity index is 1.62. The van der Waals surface area contributed by atoms with Crippen molar-refractivity contribution in [1.82, 2.24) is 19.7 Å². The van der Waals surface area contributed by atoms with Gasteiger partial charge in [-0.05, 0) is 31.2 Å². The average molecular weight is 359 g/mol. The molecule has 0 radical (unpaired) electrons. The first-order chi connectivity index (χ1) is 12.2. The number of thioether (sulfide) groups is 1. The number of piperidine rings is 1. The molecule has 1 aromatic carbocycles. The molecule has 1 atom stereocenters. The molecule has 0 saturated carbocycles. The van der Waals surface area contributed by atoms with Crippen molar-refractivity contribution in [2.24, 2.45) is 5.92 Å². The van der Waals surface area contributed by atoms with Crippen LogP contribution in [0.4, 0.5) is 0 Å². The van der Waals surface area contributed by atoms with E-state index in [2.05, 4.69) is 40.7 Å². The Labute approximate surface area is 153 Å². The van der Waals surface area contributed by atoms with E-state index in [0.29, 0.717) is 11.7 Å². The van der Waals surface area contributed by atoms with Crippen LogP contribution in [0.15, 0.2) is 35.5 Å². The number of hydrogen-bond acceptors (Lipinski definition) is 4. The minimum Gasteiger partial charge on any atom is -0.342 e. The Morgan fingerprint density at radius 1 is 1.28 bits per heavy atom. The van der Waals surface area contributed by atoms with Crippen LogP contribution in [0.25, 0.3) is 0 Å². The van der Waals surface area contributed by atoms with E-state index < -0.39 is 0 Å². The van der Waals surface area contributed by atoms with E-state index >= 15 is 0 Å². The molecule has 6 heteroatoms. The Hall–Kier alpha value is -1.82. The van der Waals surface area contributed by atoms with Crippen LogP contribution in [0.2, 0.25) is 0 Å². The third kappa shape index (κ3) is 4.63. The van der Waals surface area contributed by atoms with Gasteiger partial charge in [-0.2, -0.15) is 0 Å². The van der Waals surface area contributed by atoms with Crippen LogP contribution < -0.4 is 0 Å². The van der Waals surface area contributed by atoms with E-state index in [9.17, 15) is 4.79 Å². The lowest BCUT2D eigenvalue weighted by molar-refractivity contribution is -0.130. The molecule has 2 heterocycles. The van der Waals surface area contributed by atoms with E-state index in [1.807, 2.05) is 23.1 Å². The van der Waals surface area contributed by atoms with E-state index in [1.54, 1.807) is 0 Å². The monoisotopic (exact) mass is 358 g/mol. The maximum atomic E-state index is 12.5. The third-order valence-corrected chi connectivity index (χ3v) is 5.60. The molecule has 0 spiro atoms. The molecule has 134 valence electrons. The summed E-state index contributed by atoms with van der Waals surface area (Å²) in [7, 11) is 0. The summed E-state index contributed by atoms with van der Waals surface area (Å²) in [5.74, 6) is 2.22. The molecule has 1 saturated heterocycles. The number of aromatic nitrogens is 3. The van der Waals surface area contributed by atoms with Gasteiger partial charge in [0.05, 0.1) is 5.75 Å². The zero-order chi connectivity index (χ0) is 17.6. The maximum Gasteiger partial charge on any atom is 0.233 e. The number of carbonyl (C=O) groups excluding carboxylic acids is 1. The first-order valence-electron chi connectivity index (χ1n) is 9.04. The summed E-state index contributed by atoms with van der Waals surface area (Å²) in [5.41, 5.74) is 1.22. The van der Waals surface area contributed by atoms with Crippen molar-refractivity contribution < 1.29 is 4.79 Å². The van der Waals surface area contributed by atoms with E-state index in [4.69, 9.17) is 0 Å². The quantitative estimate of drug-likeness (QED) is 0.744. The summed E-state index contributed by atoms with van der Waals surface area (Å²) in [6, 6.07) is 10.3. The standard InChI is InChI=1S/C19H26N4OS/c1-3-23-17(12-16-9-5-4-6-10-16)20-21-19(23)25-14-18(24)22-11-7-8-15(2)13-22/h4-6,9-10,15H,3,7-8,11-14H2,1-2H3/t15-/m0/s1. The first-order valence-corrected chi connectivity index (χ1v) is 10.0. The summed E-state index contributed by atoms with van der Waals surface area (Å²) in [6.45, 7) is 6.90. The van der Waals surface area contributed by atoms with Gasteiger partial charge >= 0.3 is 0 Å². The molecule has 1 aromatic heterocycles. The number of likely N-dealkylation sites (tertiary alicyclic amines) is 1. The third-order valence-electron chi connectivity index (χ3n) is 4.65. The maximum absolute atomic E-state index is 12.5. The molecule has 1 aliphatic rings. The molecule has 1 aliphatic heterocycles. The first kappa shape index (κ1) is 18.0. The molecule has 5 nitrogen and oxygen atoms in total. The Kier molecular flexibility index (Phi) is 6.13. The highest BCUT2D eigenvalue weighted by Crippen LogP contribution is 2.21. The van der Waals surface area contributed by atoms with Crippen molar-refractivity contribution in [2.75, 3.05) is 18.8 Å². The summed E-state index contributed by atoms with van der Waals surface area (Å²) in [4.78, 5) is 14.5. The van der Waals surface area contributed by atoms with Crippen LogP contribution in [0.3, 0.4) is 0 Å². The number of benzene rings is 1. The molecular weight excluding hydrogens is 332 g/mol. The smallest absolute Gasteiger partial charge is 0.233 e. The predicted octanol–water partition coefficient (Wildman–Crippen LogP) is 3.24. The summed E-state index contributed by atoms with van der Waals surface area (Å²) < 4.78 is 2.11. The summed E-state index contributed by atoms with van der Waals surface area (Å²) in [6.07, 6.45) is 3.10. The predicted molar refractivity (Wildman–Crippen MR) is 101 cm³/mol. The summed E-state index contributed by atoms with van der Waals surface area (Å²) >= 11 is 1.50. The fourth-order valence-corrected chi connectivity index (χ4v) is 4.21. The molecule has 1 amide bonds. The van der Waals surface area contributed by atoms with E-state index in [-0.39, 0.29) is 5.91 Å². The molecule has 0 bridgehead atoms. The second-order valence-corrected chi connectivity index (χ2v) is 7.62. The molecule has 25 heavy (non-hydrogen) atoms. The van der Waals surface area contributed by atoms with Gasteiger partial charge in [-0.1, -0.05) is 49.0 Å². The largest absolute Gasteiger partial charge is 0.342 e. The highest BCUT2D eigenvalue weighted by molar-refractivity contribution is 7.99. The molecule has 0 unspecified atom stereocenters. The molecular formula is C19H26N4OS. The molecule has 0 aliphatic carbocycles. The zero-order valence-electron chi connectivity index (χ0n) is 15.0. The van der Waals surface area contributed by atoms with Crippen LogP contribution in [0, 0.1) is 5.92 Å². The number of nitrogens with zero attached hydrogens (tertiary/aromatic N) is 4. The number of carbonyl (C=O) groups is 1. The van der Waals surface area contributed by atoms with Crippen molar-refractivity contribution in [3.8, 4) is 0 Å². The second kappa shape index (κ2) is 8.52. The Bertz CT molecular complexity index is 701. The van der Waals surface area contributed by atoms with Gasteiger partial charge in [-0.25, -0.2) is 0 Å². The van der Waals surface area contributed by atoms with Gasteiger partial charge < -0.3 is 9.47 Å². The SMILES string of the molecule is CCn1c(Cc2ccccc2)nnc1SCC(=O)N1CCC[C@H](C)C1. The van der Waals surface area contributed by atoms with Crippen molar-refractivity contribution >= 4 is 17.7 Å². The van der Waals surface area contributed by atoms with Gasteiger partial charge in [-0.15, -0.1) is 10.2 Å². The zero-order valence-corrected chi connectivity index (χ0v) is 15.8. The number of hydrogen-bond donors (Lipinski definition) is 0. The highest BCUT2D eigenvalue weighted by atomic mass is 32.2. The minimum atomic E-state index is 0.215. The van der Waals surface area contributed by atoms with Crippen molar-refractivity contribution in [2.45, 2.75) is 44.8 Å². The van der Waals surface area contributed by atoms with Crippen LogP contribution in [-0.4, -0.2) is 44.4 Å². The Morgan fingerprint density at radius 2 is 2.08 bits per heavy atom. The van der Waals surface area contributed by atoms with Crippen molar-refractivity contribution in [3.05, 3.63) is 41.7 Å². The lowest BCUT2D eigenvalue weighted by atomic mass is 10.0. The molecule has 2 aromatic rings. The van der Waals surface area contributed by atoms with Gasteiger partial charge in [0.15, 0.2) is 5.16 Å². The lowest BCUT2D eigenvalue weighted by Crippen LogP contribution is -2.40. The van der Waals surface area contributed by atoms with Gasteiger partial charge in [0.2, 0.25) is 5.91 Å². The summed E-state index contributed by atoms with van der Waals surface area (Å²) in [5, 5.41) is 9.51. The van der Waals surface area contributed by atoms with Gasteiger partial charge in [0, 0.05) is 26.1 Å². The van der Waals surface area contributed by atoms with Gasteiger partial charge in [0.25, 0.3) is 0 Å². The van der Waals surface area contributed by atoms with Crippen molar-refractivity contribution in [1.29, 1.82) is 0 Å². The molecule has 3 rings (SSSR count). The van der Waals surface area contributed by atoms with Crippen molar-refractivity contribution in [3.63, 3.8) is 0 Å². The molecule has 0 N–H and O–H groups in total. The normalized spacial score (nSPS) is 17.7. The fourth-order valence-electron chi connectivity index (χ4n) is 3.29. The van der Waals surface area contributed by atoms with Gasteiger partial charge in [0.1, 0.15) is 5.82 Å². The average Bonchev–Trinajstić information content (AvgIpc) is 3.02. The van der Waals surface area contributed by atoms with Crippen LogP contribution in [0.5, 0.6) is 0 Å². The Morgan fingerprint density at radius 3 is 2.80 bits per heavy atom. The lowest BCUT2D eigenvalue weighted by Gasteiger charge is -2.30. The minimum absolute atomic E-state index is 0.215. The van der Waals surface area contributed by atoms with Crippen LogP contribution in [0.1, 0.15) is 38.1 Å². The number of rotatable bonds is 6.